The predicted octanol–water partition coefficient (Wildman–Crippen LogP) is 8.96. The second-order valence-electron chi connectivity index (χ2n) is 27.9. The van der Waals surface area contributed by atoms with Crippen molar-refractivity contribution in [2.75, 3.05) is 26.4 Å². The average molecular weight is 1400 g/mol. The van der Waals surface area contributed by atoms with Crippen LogP contribution in [0.5, 0.6) is 0 Å². The van der Waals surface area contributed by atoms with Gasteiger partial charge in [0.15, 0.2) is 12.6 Å². The predicted molar refractivity (Wildman–Crippen MR) is 375 cm³/mol. The Morgan fingerprint density at radius 1 is 0.541 bits per heavy atom. The van der Waals surface area contributed by atoms with Crippen molar-refractivity contribution in [3.05, 3.63) is 36.5 Å². The van der Waals surface area contributed by atoms with Gasteiger partial charge < -0.3 is 100 Å². The molecular weight excluding hydrogens is 1260 g/mol. The van der Waals surface area contributed by atoms with Gasteiger partial charge in [0.2, 0.25) is 11.8 Å². The summed E-state index contributed by atoms with van der Waals surface area (Å²) in [6, 6.07) is -2.62. The summed E-state index contributed by atoms with van der Waals surface area (Å²) < 4.78 is 34.7. The zero-order chi connectivity index (χ0) is 71.8. The van der Waals surface area contributed by atoms with Crippen LogP contribution in [0.3, 0.4) is 0 Å². The number of carbonyl (C=O) groups is 3. The standard InChI is InChI=1S/C75H136N2O21/c1-4-6-8-10-12-14-15-16-17-18-19-20-21-22-23-24-25-26-27-28-29-30-31-32-33-34-35-36-37-38-39-41-43-45-47-49-62(85)77-56(57(82)48-46-44-42-40-13-11-9-7-5-2)54-93-72-67(89)66(88)69(61(53-80)95-72)96-73-68(90)71(65(87)60(52-79)94-73)98-75(74(91)92)50-58(83)63(76-55(3)81)70(97-75)64(86)59(84)51-78/h21-22,24-25,46,48,56-61,63-73,78-80,82-84,86-90H,4-20,23,26-45,47,49-54H2,1-3H3,(H,76,81)(H,77,85)(H,91,92)/b22-21-,25-24-,48-46+. The van der Waals surface area contributed by atoms with Crippen LogP contribution in [0.1, 0.15) is 284 Å². The van der Waals surface area contributed by atoms with Crippen molar-refractivity contribution >= 4 is 17.8 Å². The van der Waals surface area contributed by atoms with E-state index in [-0.39, 0.29) is 12.3 Å². The molecule has 3 aliphatic heterocycles. The van der Waals surface area contributed by atoms with Gasteiger partial charge in [0.25, 0.3) is 5.79 Å². The molecule has 18 atom stereocenters. The van der Waals surface area contributed by atoms with Gasteiger partial charge in [-0.2, -0.15) is 0 Å². The summed E-state index contributed by atoms with van der Waals surface area (Å²) in [4.78, 5) is 38.5. The highest BCUT2D eigenvalue weighted by atomic mass is 16.8. The summed E-state index contributed by atoms with van der Waals surface area (Å²) >= 11 is 0. The number of carboxylic acid groups (broad SMARTS) is 1. The highest BCUT2D eigenvalue weighted by Crippen LogP contribution is 2.39. The first-order chi connectivity index (χ1) is 47.4. The number of hydrogen-bond donors (Lipinski definition) is 14. The van der Waals surface area contributed by atoms with Crippen LogP contribution in [0.4, 0.5) is 0 Å². The van der Waals surface area contributed by atoms with Crippen molar-refractivity contribution in [3.63, 3.8) is 0 Å². The van der Waals surface area contributed by atoms with E-state index in [1.165, 1.54) is 173 Å². The molecule has 3 heterocycles. The molecule has 18 unspecified atom stereocenters. The fourth-order valence-corrected chi connectivity index (χ4v) is 13.2. The summed E-state index contributed by atoms with van der Waals surface area (Å²) in [5, 5.41) is 136. The molecule has 0 aromatic heterocycles. The van der Waals surface area contributed by atoms with Crippen molar-refractivity contribution in [1.82, 2.24) is 10.6 Å². The third kappa shape index (κ3) is 35.4. The van der Waals surface area contributed by atoms with E-state index in [1.807, 2.05) is 6.08 Å². The molecule has 0 radical (unpaired) electrons. The molecule has 98 heavy (non-hydrogen) atoms. The van der Waals surface area contributed by atoms with Crippen molar-refractivity contribution in [2.45, 2.75) is 394 Å². The lowest BCUT2D eigenvalue weighted by atomic mass is 9.88. The molecule has 3 aliphatic rings. The Morgan fingerprint density at radius 2 is 0.990 bits per heavy atom. The van der Waals surface area contributed by atoms with Crippen molar-refractivity contribution in [3.8, 4) is 0 Å². The van der Waals surface area contributed by atoms with E-state index < -0.39 is 155 Å². The van der Waals surface area contributed by atoms with Crippen molar-refractivity contribution in [1.29, 1.82) is 0 Å². The first-order valence-corrected chi connectivity index (χ1v) is 38.4. The number of aliphatic hydroxyl groups is 11. The molecule has 3 saturated heterocycles. The Morgan fingerprint density at radius 3 is 1.44 bits per heavy atom. The Kier molecular flexibility index (Phi) is 49.7. The Balaban J connectivity index is 1.41. The van der Waals surface area contributed by atoms with E-state index in [2.05, 4.69) is 48.8 Å². The fourth-order valence-electron chi connectivity index (χ4n) is 13.2. The number of allylic oxidation sites excluding steroid dienone is 5. The largest absolute Gasteiger partial charge is 0.477 e. The SMILES string of the molecule is CCCCCCCCC/C=C/C(O)C(COC1OC(CO)C(OC2OC(CO)C(O)C(OC3(C(=O)O)CC(O)C(NC(C)=O)C(C(O)C(O)CO)O3)C2O)C(O)C1O)NC(=O)CCCCCCCCCCCCCCCCCCC/C=C\C/C=C\CCCCCCCCCCCCC. The van der Waals surface area contributed by atoms with Gasteiger partial charge in [0, 0.05) is 19.8 Å². The summed E-state index contributed by atoms with van der Waals surface area (Å²) in [5.41, 5.74) is 0. The molecule has 0 aromatic carbocycles. The highest BCUT2D eigenvalue weighted by Gasteiger charge is 2.60. The van der Waals surface area contributed by atoms with E-state index in [0.717, 1.165) is 71.1 Å². The van der Waals surface area contributed by atoms with Gasteiger partial charge in [-0.05, 0) is 51.4 Å². The summed E-state index contributed by atoms with van der Waals surface area (Å²) in [6.45, 7) is 2.10. The smallest absolute Gasteiger partial charge is 0.364 e. The zero-order valence-electron chi connectivity index (χ0n) is 60.1. The summed E-state index contributed by atoms with van der Waals surface area (Å²) in [5.74, 6) is -6.14. The van der Waals surface area contributed by atoms with Gasteiger partial charge in [-0.15, -0.1) is 0 Å². The van der Waals surface area contributed by atoms with E-state index in [9.17, 15) is 75.7 Å². The van der Waals surface area contributed by atoms with Crippen LogP contribution in [-0.2, 0) is 42.8 Å². The molecule has 0 aliphatic carbocycles. The van der Waals surface area contributed by atoms with Gasteiger partial charge in [-0.3, -0.25) is 9.59 Å². The second kappa shape index (κ2) is 54.6. The first-order valence-electron chi connectivity index (χ1n) is 38.4. The molecule has 572 valence electrons. The molecule has 0 aromatic rings. The van der Waals surface area contributed by atoms with Gasteiger partial charge in [0.1, 0.15) is 67.1 Å². The van der Waals surface area contributed by atoms with E-state index >= 15 is 0 Å². The number of aliphatic hydroxyl groups excluding tert-OH is 11. The van der Waals surface area contributed by atoms with Crippen LogP contribution in [0.25, 0.3) is 0 Å². The third-order valence-corrected chi connectivity index (χ3v) is 19.3. The number of aliphatic carboxylic acids is 1. The number of amides is 2. The monoisotopic (exact) mass is 1400 g/mol. The van der Waals surface area contributed by atoms with Crippen molar-refractivity contribution in [2.24, 2.45) is 0 Å². The van der Waals surface area contributed by atoms with Crippen LogP contribution in [-0.4, -0.2) is 215 Å². The molecule has 3 fully saturated rings. The number of unbranched alkanes of at least 4 members (excludes halogenated alkanes) is 35. The van der Waals surface area contributed by atoms with Gasteiger partial charge >= 0.3 is 5.97 Å². The van der Waals surface area contributed by atoms with Gasteiger partial charge in [-0.25, -0.2) is 4.79 Å². The number of carbonyl (C=O) groups excluding carboxylic acids is 2. The van der Waals surface area contributed by atoms with Crippen LogP contribution in [0.15, 0.2) is 36.5 Å². The van der Waals surface area contributed by atoms with Crippen molar-refractivity contribution < 1.29 is 104 Å². The van der Waals surface area contributed by atoms with Gasteiger partial charge in [0.05, 0.1) is 50.7 Å². The van der Waals surface area contributed by atoms with Crippen LogP contribution < -0.4 is 10.6 Å². The summed E-state index contributed by atoms with van der Waals surface area (Å²) in [7, 11) is 0. The molecule has 0 saturated carbocycles. The highest BCUT2D eigenvalue weighted by molar-refractivity contribution is 5.77. The van der Waals surface area contributed by atoms with E-state index in [0.29, 0.717) is 12.8 Å². The number of nitrogens with one attached hydrogen (secondary N) is 2. The Hall–Kier alpha value is -3.05. The molecule has 0 bridgehead atoms. The van der Waals surface area contributed by atoms with Crippen LogP contribution >= 0.6 is 0 Å². The molecule has 23 nitrogen and oxygen atoms in total. The maximum atomic E-state index is 13.4. The lowest BCUT2D eigenvalue weighted by Gasteiger charge is -2.50. The Bertz CT molecular complexity index is 2110. The topological polar surface area (TPSA) is 373 Å². The minimum Gasteiger partial charge on any atom is -0.477 e. The molecule has 3 rings (SSSR count). The first kappa shape index (κ1) is 89.2. The molecule has 14 N–H and O–H groups in total. The number of ether oxygens (including phenoxy) is 6. The maximum absolute atomic E-state index is 13.4. The summed E-state index contributed by atoms with van der Waals surface area (Å²) in [6.07, 6.45) is 31.1. The number of carboxylic acids is 1. The quantitative estimate of drug-likeness (QED) is 0.0199. The van der Waals surface area contributed by atoms with Crippen LogP contribution in [0, 0.1) is 0 Å². The maximum Gasteiger partial charge on any atom is 0.364 e. The van der Waals surface area contributed by atoms with E-state index in [4.69, 9.17) is 28.4 Å². The minimum atomic E-state index is -3.08. The lowest BCUT2D eigenvalue weighted by molar-refractivity contribution is -0.386. The lowest BCUT2D eigenvalue weighted by Crippen LogP contribution is -2.70. The van der Waals surface area contributed by atoms with Crippen LogP contribution in [0.2, 0.25) is 0 Å². The molecule has 0 spiro atoms. The zero-order valence-corrected chi connectivity index (χ0v) is 60.1. The average Bonchev–Trinajstić information content (AvgIpc) is 0.758. The molecule has 2 amide bonds. The number of hydrogen-bond acceptors (Lipinski definition) is 20. The fraction of sp³-hybridized carbons (Fsp3) is 0.880. The van der Waals surface area contributed by atoms with E-state index in [1.54, 1.807) is 6.08 Å². The molecular formula is C75H136N2O21. The van der Waals surface area contributed by atoms with Gasteiger partial charge in [-0.1, -0.05) is 249 Å². The number of rotatable bonds is 59. The normalized spacial score (nSPS) is 27.4. The minimum absolute atomic E-state index is 0.201. The Labute approximate surface area is 586 Å². The second-order valence-corrected chi connectivity index (χ2v) is 27.9. The third-order valence-electron chi connectivity index (χ3n) is 19.3. The molecule has 23 heteroatoms.